The fraction of sp³-hybridized carbons (Fsp3) is 0.231. The standard InChI is InChI=1S/C13H14ClN3/c1-9-2-5-17-13(6-9)12(15)7-10-3-4-16-8-11(10)14/h2-6,8,12H,7,15H2,1H3. The van der Waals surface area contributed by atoms with Gasteiger partial charge < -0.3 is 5.73 Å². The highest BCUT2D eigenvalue weighted by Crippen LogP contribution is 2.20. The normalized spacial score (nSPS) is 12.4. The molecule has 2 aromatic heterocycles. The van der Waals surface area contributed by atoms with Crippen molar-refractivity contribution in [2.24, 2.45) is 5.73 Å². The highest BCUT2D eigenvalue weighted by molar-refractivity contribution is 6.31. The van der Waals surface area contributed by atoms with Crippen LogP contribution in [0.5, 0.6) is 0 Å². The van der Waals surface area contributed by atoms with Gasteiger partial charge >= 0.3 is 0 Å². The topological polar surface area (TPSA) is 51.8 Å². The number of rotatable bonds is 3. The van der Waals surface area contributed by atoms with E-state index >= 15 is 0 Å². The van der Waals surface area contributed by atoms with E-state index in [1.54, 1.807) is 18.6 Å². The lowest BCUT2D eigenvalue weighted by Gasteiger charge is -2.12. The zero-order chi connectivity index (χ0) is 12.3. The minimum absolute atomic E-state index is 0.144. The summed E-state index contributed by atoms with van der Waals surface area (Å²) in [5, 5.41) is 0.649. The molecule has 0 saturated carbocycles. The summed E-state index contributed by atoms with van der Waals surface area (Å²) in [6.07, 6.45) is 5.79. The number of nitrogens with two attached hydrogens (primary N) is 1. The highest BCUT2D eigenvalue weighted by atomic mass is 35.5. The Hall–Kier alpha value is -1.45. The third-order valence-corrected chi connectivity index (χ3v) is 2.95. The number of hydrogen-bond donors (Lipinski definition) is 1. The predicted molar refractivity (Wildman–Crippen MR) is 68.9 cm³/mol. The SMILES string of the molecule is Cc1ccnc(C(N)Cc2ccncc2Cl)c1. The van der Waals surface area contributed by atoms with Gasteiger partial charge in [-0.2, -0.15) is 0 Å². The van der Waals surface area contributed by atoms with Crippen molar-refractivity contribution in [1.82, 2.24) is 9.97 Å². The van der Waals surface area contributed by atoms with E-state index < -0.39 is 0 Å². The fourth-order valence-electron chi connectivity index (χ4n) is 1.67. The lowest BCUT2D eigenvalue weighted by atomic mass is 10.0. The Morgan fingerprint density at radius 1 is 1.35 bits per heavy atom. The Morgan fingerprint density at radius 3 is 2.88 bits per heavy atom. The van der Waals surface area contributed by atoms with Gasteiger partial charge in [0.05, 0.1) is 16.8 Å². The first kappa shape index (κ1) is 12.0. The van der Waals surface area contributed by atoms with Crippen LogP contribution in [0.15, 0.2) is 36.8 Å². The van der Waals surface area contributed by atoms with Gasteiger partial charge in [-0.1, -0.05) is 11.6 Å². The number of halogens is 1. The first-order chi connectivity index (χ1) is 8.16. The number of aryl methyl sites for hydroxylation is 1. The van der Waals surface area contributed by atoms with Gasteiger partial charge in [-0.25, -0.2) is 0 Å². The second-order valence-electron chi connectivity index (χ2n) is 4.04. The van der Waals surface area contributed by atoms with Crippen molar-refractivity contribution in [1.29, 1.82) is 0 Å². The molecular weight excluding hydrogens is 234 g/mol. The zero-order valence-electron chi connectivity index (χ0n) is 9.60. The van der Waals surface area contributed by atoms with Crippen LogP contribution in [0.1, 0.15) is 22.9 Å². The van der Waals surface area contributed by atoms with E-state index in [0.29, 0.717) is 11.4 Å². The molecule has 3 nitrogen and oxygen atoms in total. The zero-order valence-corrected chi connectivity index (χ0v) is 10.4. The van der Waals surface area contributed by atoms with E-state index in [2.05, 4.69) is 9.97 Å². The van der Waals surface area contributed by atoms with Crippen LogP contribution >= 0.6 is 11.6 Å². The number of nitrogens with zero attached hydrogens (tertiary/aromatic N) is 2. The van der Waals surface area contributed by atoms with Crippen LogP contribution in [0.3, 0.4) is 0 Å². The lowest BCUT2D eigenvalue weighted by molar-refractivity contribution is 0.695. The molecule has 1 atom stereocenters. The Balaban J connectivity index is 2.17. The third kappa shape index (κ3) is 3.02. The summed E-state index contributed by atoms with van der Waals surface area (Å²) in [6.45, 7) is 2.03. The van der Waals surface area contributed by atoms with Gasteiger partial charge in [-0.05, 0) is 42.7 Å². The van der Waals surface area contributed by atoms with Crippen LogP contribution in [-0.4, -0.2) is 9.97 Å². The van der Waals surface area contributed by atoms with Crippen LogP contribution in [-0.2, 0) is 6.42 Å². The smallest absolute Gasteiger partial charge is 0.0622 e. The molecule has 0 radical (unpaired) electrons. The molecule has 0 aliphatic rings. The summed E-state index contributed by atoms with van der Waals surface area (Å²) >= 11 is 6.05. The van der Waals surface area contributed by atoms with E-state index in [-0.39, 0.29) is 6.04 Å². The molecule has 0 aliphatic carbocycles. The monoisotopic (exact) mass is 247 g/mol. The quantitative estimate of drug-likeness (QED) is 0.907. The van der Waals surface area contributed by atoms with Crippen molar-refractivity contribution in [3.63, 3.8) is 0 Å². The molecular formula is C13H14ClN3. The van der Waals surface area contributed by atoms with Crippen LogP contribution in [0, 0.1) is 6.92 Å². The molecule has 2 heterocycles. The Kier molecular flexibility index (Phi) is 3.71. The van der Waals surface area contributed by atoms with E-state index in [9.17, 15) is 0 Å². The molecule has 17 heavy (non-hydrogen) atoms. The first-order valence-electron chi connectivity index (χ1n) is 5.43. The minimum atomic E-state index is -0.144. The van der Waals surface area contributed by atoms with Gasteiger partial charge in [0.25, 0.3) is 0 Å². The van der Waals surface area contributed by atoms with Crippen LogP contribution < -0.4 is 5.73 Å². The molecule has 2 rings (SSSR count). The van der Waals surface area contributed by atoms with E-state index in [1.165, 1.54) is 0 Å². The average molecular weight is 248 g/mol. The Morgan fingerprint density at radius 2 is 2.18 bits per heavy atom. The largest absolute Gasteiger partial charge is 0.322 e. The van der Waals surface area contributed by atoms with Crippen LogP contribution in [0.25, 0.3) is 0 Å². The van der Waals surface area contributed by atoms with Gasteiger partial charge in [0.15, 0.2) is 0 Å². The Bertz CT molecular complexity index is 514. The third-order valence-electron chi connectivity index (χ3n) is 2.61. The van der Waals surface area contributed by atoms with E-state index in [1.807, 2.05) is 25.1 Å². The summed E-state index contributed by atoms with van der Waals surface area (Å²) in [5.41, 5.74) is 9.17. The number of aromatic nitrogens is 2. The average Bonchev–Trinajstić information content (AvgIpc) is 2.32. The molecule has 4 heteroatoms. The molecule has 0 aromatic carbocycles. The molecule has 0 aliphatic heterocycles. The molecule has 0 bridgehead atoms. The van der Waals surface area contributed by atoms with Gasteiger partial charge in [-0.3, -0.25) is 9.97 Å². The van der Waals surface area contributed by atoms with Gasteiger partial charge in [0.2, 0.25) is 0 Å². The van der Waals surface area contributed by atoms with Crippen molar-refractivity contribution in [3.05, 3.63) is 58.6 Å². The molecule has 0 saturated heterocycles. The van der Waals surface area contributed by atoms with Gasteiger partial charge in [0, 0.05) is 18.6 Å². The summed E-state index contributed by atoms with van der Waals surface area (Å²) in [6, 6.07) is 5.70. The predicted octanol–water partition coefficient (Wildman–Crippen LogP) is 2.68. The van der Waals surface area contributed by atoms with Crippen molar-refractivity contribution >= 4 is 11.6 Å². The van der Waals surface area contributed by atoms with E-state index in [0.717, 1.165) is 16.8 Å². The molecule has 88 valence electrons. The summed E-state index contributed by atoms with van der Waals surface area (Å²) < 4.78 is 0. The molecule has 2 N–H and O–H groups in total. The van der Waals surface area contributed by atoms with Crippen LogP contribution in [0.4, 0.5) is 0 Å². The summed E-state index contributed by atoms with van der Waals surface area (Å²) in [5.74, 6) is 0. The maximum Gasteiger partial charge on any atom is 0.0622 e. The van der Waals surface area contributed by atoms with Gasteiger partial charge in [0.1, 0.15) is 0 Å². The molecule has 0 fully saturated rings. The highest BCUT2D eigenvalue weighted by Gasteiger charge is 2.10. The molecule has 1 unspecified atom stereocenters. The van der Waals surface area contributed by atoms with Crippen LogP contribution in [0.2, 0.25) is 5.02 Å². The maximum atomic E-state index is 6.12. The van der Waals surface area contributed by atoms with Crippen molar-refractivity contribution in [2.75, 3.05) is 0 Å². The molecule has 0 amide bonds. The van der Waals surface area contributed by atoms with E-state index in [4.69, 9.17) is 17.3 Å². The number of hydrogen-bond acceptors (Lipinski definition) is 3. The fourth-order valence-corrected chi connectivity index (χ4v) is 1.87. The van der Waals surface area contributed by atoms with Crippen molar-refractivity contribution < 1.29 is 0 Å². The first-order valence-corrected chi connectivity index (χ1v) is 5.81. The second kappa shape index (κ2) is 5.25. The maximum absolute atomic E-state index is 6.12. The second-order valence-corrected chi connectivity index (χ2v) is 4.44. The number of pyridine rings is 2. The Labute approximate surface area is 106 Å². The molecule has 2 aromatic rings. The van der Waals surface area contributed by atoms with Crippen molar-refractivity contribution in [2.45, 2.75) is 19.4 Å². The van der Waals surface area contributed by atoms with Gasteiger partial charge in [-0.15, -0.1) is 0 Å². The lowest BCUT2D eigenvalue weighted by Crippen LogP contribution is -2.15. The summed E-state index contributed by atoms with van der Waals surface area (Å²) in [7, 11) is 0. The molecule has 0 spiro atoms. The summed E-state index contributed by atoms with van der Waals surface area (Å²) in [4.78, 5) is 8.23. The minimum Gasteiger partial charge on any atom is -0.322 e. The van der Waals surface area contributed by atoms with Crippen molar-refractivity contribution in [3.8, 4) is 0 Å².